The molecule has 4 aromatic carbocycles. The van der Waals surface area contributed by atoms with Crippen molar-refractivity contribution in [3.05, 3.63) is 108 Å². The smallest absolute Gasteiger partial charge is 0.129 e. The van der Waals surface area contributed by atoms with Crippen LogP contribution in [0.15, 0.2) is 97.1 Å². The average molecular weight is 411 g/mol. The van der Waals surface area contributed by atoms with Crippen molar-refractivity contribution in [1.82, 2.24) is 0 Å². The number of rotatable bonds is 6. The van der Waals surface area contributed by atoms with Gasteiger partial charge in [-0.25, -0.2) is 0 Å². The highest BCUT2D eigenvalue weighted by atomic mass is 16.5. The Morgan fingerprint density at radius 2 is 0.968 bits per heavy atom. The highest BCUT2D eigenvalue weighted by Gasteiger charge is 2.23. The molecule has 4 rings (SSSR count). The fourth-order valence-corrected chi connectivity index (χ4v) is 3.43. The van der Waals surface area contributed by atoms with E-state index in [-0.39, 0.29) is 5.41 Å². The lowest BCUT2D eigenvalue weighted by atomic mass is 9.78. The highest BCUT2D eigenvalue weighted by molar-refractivity contribution is 5.47. The first-order chi connectivity index (χ1) is 14.9. The summed E-state index contributed by atoms with van der Waals surface area (Å²) in [6, 6.07) is 31.1. The molecule has 156 valence electrons. The van der Waals surface area contributed by atoms with Crippen molar-refractivity contribution in [2.24, 2.45) is 0 Å². The SMILES string of the molecule is CC(C)(c1ccc(Oc2ccc(N)cc2)cc1)c1ccc(Oc2cccc(N)c2)cc1. The number of anilines is 2. The molecule has 4 aromatic rings. The molecule has 0 atom stereocenters. The fraction of sp³-hybridized carbons (Fsp3) is 0.111. The van der Waals surface area contributed by atoms with Crippen molar-refractivity contribution in [2.45, 2.75) is 19.3 Å². The summed E-state index contributed by atoms with van der Waals surface area (Å²) in [6.45, 7) is 4.41. The van der Waals surface area contributed by atoms with Crippen LogP contribution in [0.3, 0.4) is 0 Å². The fourth-order valence-electron chi connectivity index (χ4n) is 3.43. The van der Waals surface area contributed by atoms with Gasteiger partial charge in [-0.2, -0.15) is 0 Å². The Kier molecular flexibility index (Phi) is 5.54. The van der Waals surface area contributed by atoms with Gasteiger partial charge < -0.3 is 20.9 Å². The van der Waals surface area contributed by atoms with E-state index < -0.39 is 0 Å². The molecule has 0 aromatic heterocycles. The molecule has 0 radical (unpaired) electrons. The zero-order valence-corrected chi connectivity index (χ0v) is 17.7. The number of benzene rings is 4. The van der Waals surface area contributed by atoms with E-state index in [0.717, 1.165) is 23.0 Å². The molecular weight excluding hydrogens is 384 g/mol. The second-order valence-corrected chi connectivity index (χ2v) is 8.02. The first kappa shape index (κ1) is 20.4. The lowest BCUT2D eigenvalue weighted by molar-refractivity contribution is 0.481. The van der Waals surface area contributed by atoms with Crippen molar-refractivity contribution in [2.75, 3.05) is 11.5 Å². The maximum absolute atomic E-state index is 5.91. The molecule has 0 aliphatic rings. The van der Waals surface area contributed by atoms with Crippen LogP contribution in [-0.2, 0) is 5.41 Å². The average Bonchev–Trinajstić information content (AvgIpc) is 2.76. The van der Waals surface area contributed by atoms with Gasteiger partial charge in [-0.1, -0.05) is 44.2 Å². The quantitative estimate of drug-likeness (QED) is 0.344. The second-order valence-electron chi connectivity index (χ2n) is 8.02. The van der Waals surface area contributed by atoms with Crippen molar-refractivity contribution in [3.63, 3.8) is 0 Å². The summed E-state index contributed by atoms with van der Waals surface area (Å²) in [5, 5.41) is 0. The first-order valence-electron chi connectivity index (χ1n) is 10.2. The standard InChI is InChI=1S/C27H26N2O2/c1-27(2,19-6-12-23(13-7-19)30-25-16-10-21(28)11-17-25)20-8-14-24(15-9-20)31-26-5-3-4-22(29)18-26/h3-18H,28-29H2,1-2H3. The lowest BCUT2D eigenvalue weighted by Crippen LogP contribution is -2.18. The van der Waals surface area contributed by atoms with E-state index in [4.69, 9.17) is 20.9 Å². The molecule has 0 fully saturated rings. The van der Waals surface area contributed by atoms with Gasteiger partial charge in [0.05, 0.1) is 0 Å². The normalized spacial score (nSPS) is 11.2. The van der Waals surface area contributed by atoms with Gasteiger partial charge in [0.25, 0.3) is 0 Å². The molecule has 0 aliphatic carbocycles. The third-order valence-electron chi connectivity index (χ3n) is 5.36. The third-order valence-corrected chi connectivity index (χ3v) is 5.36. The van der Waals surface area contributed by atoms with Crippen LogP contribution >= 0.6 is 0 Å². The van der Waals surface area contributed by atoms with Crippen LogP contribution in [0.25, 0.3) is 0 Å². The minimum Gasteiger partial charge on any atom is -0.457 e. The van der Waals surface area contributed by atoms with Crippen LogP contribution in [-0.4, -0.2) is 0 Å². The summed E-state index contributed by atoms with van der Waals surface area (Å²) < 4.78 is 11.8. The molecular formula is C27H26N2O2. The van der Waals surface area contributed by atoms with Crippen molar-refractivity contribution in [1.29, 1.82) is 0 Å². The lowest BCUT2D eigenvalue weighted by Gasteiger charge is -2.26. The Labute approximate surface area is 183 Å². The number of hydrogen-bond donors (Lipinski definition) is 2. The topological polar surface area (TPSA) is 70.5 Å². The van der Waals surface area contributed by atoms with Gasteiger partial charge >= 0.3 is 0 Å². The van der Waals surface area contributed by atoms with E-state index >= 15 is 0 Å². The minimum absolute atomic E-state index is 0.171. The zero-order chi connectivity index (χ0) is 21.8. The van der Waals surface area contributed by atoms with Crippen molar-refractivity contribution < 1.29 is 9.47 Å². The number of nitrogens with two attached hydrogens (primary N) is 2. The maximum atomic E-state index is 5.91. The first-order valence-corrected chi connectivity index (χ1v) is 10.2. The Morgan fingerprint density at radius 3 is 1.45 bits per heavy atom. The predicted molar refractivity (Wildman–Crippen MR) is 127 cm³/mol. The molecule has 31 heavy (non-hydrogen) atoms. The van der Waals surface area contributed by atoms with E-state index in [1.807, 2.05) is 72.8 Å². The van der Waals surface area contributed by atoms with Gasteiger partial charge in [-0.15, -0.1) is 0 Å². The minimum atomic E-state index is -0.171. The maximum Gasteiger partial charge on any atom is 0.129 e. The number of hydrogen-bond acceptors (Lipinski definition) is 4. The molecule has 0 aliphatic heterocycles. The molecule has 4 heteroatoms. The van der Waals surface area contributed by atoms with Gasteiger partial charge in [0.15, 0.2) is 0 Å². The summed E-state index contributed by atoms with van der Waals surface area (Å²) in [4.78, 5) is 0. The van der Waals surface area contributed by atoms with Gasteiger partial charge in [0.1, 0.15) is 23.0 Å². The Balaban J connectivity index is 1.47. The van der Waals surface area contributed by atoms with Crippen LogP contribution in [0.5, 0.6) is 23.0 Å². The van der Waals surface area contributed by atoms with Crippen LogP contribution in [0.1, 0.15) is 25.0 Å². The molecule has 0 spiro atoms. The van der Waals surface area contributed by atoms with Crippen LogP contribution in [0.4, 0.5) is 11.4 Å². The number of ether oxygens (including phenoxy) is 2. The molecule has 0 amide bonds. The summed E-state index contributed by atoms with van der Waals surface area (Å²) in [5.74, 6) is 3.05. The van der Waals surface area contributed by atoms with Crippen molar-refractivity contribution in [3.8, 4) is 23.0 Å². The predicted octanol–water partition coefficient (Wildman–Crippen LogP) is 6.76. The van der Waals surface area contributed by atoms with Crippen LogP contribution < -0.4 is 20.9 Å². The van der Waals surface area contributed by atoms with Gasteiger partial charge in [0.2, 0.25) is 0 Å². The van der Waals surface area contributed by atoms with Crippen LogP contribution in [0.2, 0.25) is 0 Å². The third kappa shape index (κ3) is 4.81. The molecule has 0 unspecified atom stereocenters. The van der Waals surface area contributed by atoms with E-state index in [1.165, 1.54) is 11.1 Å². The second kappa shape index (κ2) is 8.44. The molecule has 0 heterocycles. The molecule has 4 nitrogen and oxygen atoms in total. The zero-order valence-electron chi connectivity index (χ0n) is 17.7. The largest absolute Gasteiger partial charge is 0.457 e. The van der Waals surface area contributed by atoms with E-state index in [9.17, 15) is 0 Å². The van der Waals surface area contributed by atoms with Gasteiger partial charge in [0, 0.05) is 22.9 Å². The highest BCUT2D eigenvalue weighted by Crippen LogP contribution is 2.34. The summed E-state index contributed by atoms with van der Waals surface area (Å²) in [6.07, 6.45) is 0. The van der Waals surface area contributed by atoms with Crippen LogP contribution in [0, 0.1) is 0 Å². The Hall–Kier alpha value is -3.92. The van der Waals surface area contributed by atoms with Crippen molar-refractivity contribution >= 4 is 11.4 Å². The monoisotopic (exact) mass is 410 g/mol. The Bertz CT molecular complexity index is 1150. The van der Waals surface area contributed by atoms with Gasteiger partial charge in [-0.3, -0.25) is 0 Å². The molecule has 0 saturated heterocycles. The Morgan fingerprint density at radius 1 is 0.516 bits per heavy atom. The molecule has 0 saturated carbocycles. The van der Waals surface area contributed by atoms with E-state index in [0.29, 0.717) is 11.4 Å². The summed E-state index contributed by atoms with van der Waals surface area (Å²) in [7, 11) is 0. The summed E-state index contributed by atoms with van der Waals surface area (Å²) in [5.41, 5.74) is 15.2. The van der Waals surface area contributed by atoms with E-state index in [2.05, 4.69) is 38.1 Å². The molecule has 0 bridgehead atoms. The van der Waals surface area contributed by atoms with E-state index in [1.54, 1.807) is 0 Å². The number of nitrogen functional groups attached to an aromatic ring is 2. The summed E-state index contributed by atoms with van der Waals surface area (Å²) >= 11 is 0. The van der Waals surface area contributed by atoms with Gasteiger partial charge in [-0.05, 0) is 71.8 Å². The molecule has 4 N–H and O–H groups in total.